The molecular weight excluding hydrogens is 274 g/mol. The Hall–Kier alpha value is -1.77. The van der Waals surface area contributed by atoms with Crippen LogP contribution in [0.2, 0.25) is 0 Å². The molecule has 3 nitrogen and oxygen atoms in total. The van der Waals surface area contributed by atoms with Gasteiger partial charge in [0.25, 0.3) is 0 Å². The first-order valence-electron chi connectivity index (χ1n) is 8.16. The van der Waals surface area contributed by atoms with Crippen LogP contribution in [0.15, 0.2) is 49.4 Å². The highest BCUT2D eigenvalue weighted by Crippen LogP contribution is 2.05. The molecule has 22 heavy (non-hydrogen) atoms. The number of unbranched alkanes of at least 4 members (excludes halogenated alkanes) is 5. The topological polar surface area (TPSA) is 29.5 Å². The molecule has 0 amide bonds. The minimum Gasteiger partial charge on any atom is -0.462 e. The van der Waals surface area contributed by atoms with E-state index in [9.17, 15) is 4.79 Å². The fourth-order valence-corrected chi connectivity index (χ4v) is 1.79. The third-order valence-electron chi connectivity index (χ3n) is 3.15. The fourth-order valence-electron chi connectivity index (χ4n) is 1.79. The maximum atomic E-state index is 11.0. The number of carbonyl (C=O) groups is 1. The maximum absolute atomic E-state index is 11.0. The van der Waals surface area contributed by atoms with Gasteiger partial charge in [-0.05, 0) is 25.6 Å². The zero-order valence-corrected chi connectivity index (χ0v) is 14.2. The van der Waals surface area contributed by atoms with Gasteiger partial charge in [0, 0.05) is 18.3 Å². The van der Waals surface area contributed by atoms with E-state index in [-0.39, 0.29) is 5.97 Å². The van der Waals surface area contributed by atoms with E-state index in [1.807, 2.05) is 23.3 Å². The third-order valence-corrected chi connectivity index (χ3v) is 3.15. The Morgan fingerprint density at radius 3 is 2.41 bits per heavy atom. The van der Waals surface area contributed by atoms with Crippen LogP contribution < -0.4 is 0 Å². The average molecular weight is 305 g/mol. The first kappa shape index (κ1) is 20.2. The smallest absolute Gasteiger partial charge is 0.333 e. The maximum Gasteiger partial charge on any atom is 0.333 e. The standard InChI is InChI=1S/C12H22O2.C7H9N/c1-4-5-6-7-8-9-10-14-12(13)11(2)3;1-2-8-6-4-3-5-7-8/h2,4-10H2,1,3H3;2-6H,1,7H2. The van der Waals surface area contributed by atoms with E-state index in [0.717, 1.165) is 19.4 Å². The number of hydrogen-bond donors (Lipinski definition) is 0. The summed E-state index contributed by atoms with van der Waals surface area (Å²) >= 11 is 0. The highest BCUT2D eigenvalue weighted by atomic mass is 16.5. The summed E-state index contributed by atoms with van der Waals surface area (Å²) < 4.78 is 4.97. The Balaban J connectivity index is 0.000000461. The number of allylic oxidation sites excluding steroid dienone is 2. The van der Waals surface area contributed by atoms with E-state index in [0.29, 0.717) is 12.2 Å². The zero-order chi connectivity index (χ0) is 16.6. The van der Waals surface area contributed by atoms with E-state index in [1.165, 1.54) is 25.7 Å². The summed E-state index contributed by atoms with van der Waals surface area (Å²) in [5, 5.41) is 0. The first-order valence-corrected chi connectivity index (χ1v) is 8.16. The minimum absolute atomic E-state index is 0.265. The largest absolute Gasteiger partial charge is 0.462 e. The second-order valence-corrected chi connectivity index (χ2v) is 5.33. The van der Waals surface area contributed by atoms with Crippen LogP contribution in [0.3, 0.4) is 0 Å². The lowest BCUT2D eigenvalue weighted by Crippen LogP contribution is -2.09. The molecule has 0 aromatic rings. The number of esters is 1. The molecule has 0 unspecified atom stereocenters. The molecule has 0 aromatic heterocycles. The van der Waals surface area contributed by atoms with Gasteiger partial charge in [0.2, 0.25) is 0 Å². The van der Waals surface area contributed by atoms with Gasteiger partial charge in [0.05, 0.1) is 6.61 Å². The molecule has 1 aliphatic rings. The van der Waals surface area contributed by atoms with E-state index in [2.05, 4.69) is 26.2 Å². The van der Waals surface area contributed by atoms with Crippen molar-refractivity contribution in [2.45, 2.75) is 52.4 Å². The summed E-state index contributed by atoms with van der Waals surface area (Å²) in [5.41, 5.74) is 0.482. The molecule has 0 saturated heterocycles. The fraction of sp³-hybridized carbons (Fsp3) is 0.526. The van der Waals surface area contributed by atoms with Crippen molar-refractivity contribution in [3.8, 4) is 0 Å². The molecule has 0 fully saturated rings. The molecule has 0 N–H and O–H groups in total. The number of carbonyl (C=O) groups excluding carboxylic acids is 1. The van der Waals surface area contributed by atoms with Gasteiger partial charge in [-0.2, -0.15) is 0 Å². The third kappa shape index (κ3) is 12.0. The number of ether oxygens (including phenoxy) is 1. The van der Waals surface area contributed by atoms with Crippen LogP contribution in [0.5, 0.6) is 0 Å². The van der Waals surface area contributed by atoms with Crippen molar-refractivity contribution in [3.63, 3.8) is 0 Å². The molecule has 3 heteroatoms. The van der Waals surface area contributed by atoms with Gasteiger partial charge < -0.3 is 9.64 Å². The summed E-state index contributed by atoms with van der Waals surface area (Å²) in [6.45, 7) is 12.5. The highest BCUT2D eigenvalue weighted by molar-refractivity contribution is 5.86. The predicted octanol–water partition coefficient (Wildman–Crippen LogP) is 4.98. The Morgan fingerprint density at radius 2 is 1.91 bits per heavy atom. The Labute approximate surface area is 136 Å². The molecule has 1 rings (SSSR count). The SMILES string of the molecule is C=C(C)C(=O)OCCCCCCCC.C=CN1C=CC=CC1. The summed E-state index contributed by atoms with van der Waals surface area (Å²) in [6, 6.07) is 0. The molecule has 0 bridgehead atoms. The molecule has 0 radical (unpaired) electrons. The molecule has 1 aliphatic heterocycles. The number of nitrogens with zero attached hydrogens (tertiary/aromatic N) is 1. The molecule has 0 atom stereocenters. The van der Waals surface area contributed by atoms with Gasteiger partial charge in [-0.15, -0.1) is 0 Å². The van der Waals surface area contributed by atoms with Crippen molar-refractivity contribution in [3.05, 3.63) is 49.4 Å². The second-order valence-electron chi connectivity index (χ2n) is 5.33. The van der Waals surface area contributed by atoms with Crippen molar-refractivity contribution in [1.29, 1.82) is 0 Å². The van der Waals surface area contributed by atoms with Crippen LogP contribution in [0.1, 0.15) is 52.4 Å². The van der Waals surface area contributed by atoms with Crippen molar-refractivity contribution in [2.24, 2.45) is 0 Å². The van der Waals surface area contributed by atoms with Crippen LogP contribution in [-0.2, 0) is 9.53 Å². The molecule has 0 aliphatic carbocycles. The van der Waals surface area contributed by atoms with Gasteiger partial charge in [-0.1, -0.05) is 64.3 Å². The lowest BCUT2D eigenvalue weighted by atomic mass is 10.1. The van der Waals surface area contributed by atoms with Gasteiger partial charge >= 0.3 is 5.97 Å². The Kier molecular flexibility index (Phi) is 13.0. The van der Waals surface area contributed by atoms with Crippen LogP contribution in [0.4, 0.5) is 0 Å². The van der Waals surface area contributed by atoms with E-state index < -0.39 is 0 Å². The highest BCUT2D eigenvalue weighted by Gasteiger charge is 2.01. The van der Waals surface area contributed by atoms with Gasteiger partial charge in [0.1, 0.15) is 0 Å². The monoisotopic (exact) mass is 305 g/mol. The van der Waals surface area contributed by atoms with Gasteiger partial charge in [0.15, 0.2) is 0 Å². The van der Waals surface area contributed by atoms with Crippen LogP contribution >= 0.6 is 0 Å². The molecular formula is C19H31NO2. The second kappa shape index (κ2) is 14.2. The normalized spacial score (nSPS) is 12.4. The molecule has 124 valence electrons. The van der Waals surface area contributed by atoms with Crippen LogP contribution in [0.25, 0.3) is 0 Å². The minimum atomic E-state index is -0.265. The Bertz CT molecular complexity index is 383. The molecule has 0 saturated carbocycles. The average Bonchev–Trinajstić information content (AvgIpc) is 2.55. The van der Waals surface area contributed by atoms with E-state index >= 15 is 0 Å². The summed E-state index contributed by atoms with van der Waals surface area (Å²) in [7, 11) is 0. The lowest BCUT2D eigenvalue weighted by molar-refractivity contribution is -0.139. The molecule has 0 spiro atoms. The van der Waals surface area contributed by atoms with Crippen LogP contribution in [-0.4, -0.2) is 24.0 Å². The molecule has 0 aromatic carbocycles. The summed E-state index contributed by atoms with van der Waals surface area (Å²) in [4.78, 5) is 13.0. The van der Waals surface area contributed by atoms with E-state index in [4.69, 9.17) is 4.74 Å². The van der Waals surface area contributed by atoms with Gasteiger partial charge in [-0.3, -0.25) is 0 Å². The summed E-state index contributed by atoms with van der Waals surface area (Å²) in [6.07, 6.45) is 17.2. The van der Waals surface area contributed by atoms with Gasteiger partial charge in [-0.25, -0.2) is 4.79 Å². The van der Waals surface area contributed by atoms with Crippen molar-refractivity contribution < 1.29 is 9.53 Å². The number of rotatable bonds is 9. The lowest BCUT2D eigenvalue weighted by Gasteiger charge is -2.13. The van der Waals surface area contributed by atoms with Crippen molar-refractivity contribution >= 4 is 5.97 Å². The summed E-state index contributed by atoms with van der Waals surface area (Å²) in [5.74, 6) is -0.265. The Morgan fingerprint density at radius 1 is 1.23 bits per heavy atom. The quantitative estimate of drug-likeness (QED) is 0.342. The van der Waals surface area contributed by atoms with Crippen LogP contribution in [0, 0.1) is 0 Å². The van der Waals surface area contributed by atoms with E-state index in [1.54, 1.807) is 13.1 Å². The predicted molar refractivity (Wildman–Crippen MR) is 94.3 cm³/mol. The van der Waals surface area contributed by atoms with Crippen molar-refractivity contribution in [2.75, 3.05) is 13.2 Å². The molecule has 1 heterocycles. The first-order chi connectivity index (χ1) is 10.6. The zero-order valence-electron chi connectivity index (χ0n) is 14.2. The number of hydrogen-bond acceptors (Lipinski definition) is 3. The van der Waals surface area contributed by atoms with Crippen molar-refractivity contribution in [1.82, 2.24) is 4.90 Å².